The molecule has 0 aliphatic carbocycles. The molecule has 214 valence electrons. The number of rotatable bonds is 9. The topological polar surface area (TPSA) is 97.6 Å². The molecule has 41 heavy (non-hydrogen) atoms. The van der Waals surface area contributed by atoms with E-state index in [0.717, 1.165) is 33.4 Å². The van der Waals surface area contributed by atoms with E-state index in [2.05, 4.69) is 15.6 Å². The third-order valence-corrected chi connectivity index (χ3v) is 7.81. The van der Waals surface area contributed by atoms with Crippen LogP contribution in [0.5, 0.6) is 0 Å². The highest BCUT2D eigenvalue weighted by atomic mass is 35.5. The first kappa shape index (κ1) is 29.1. The van der Waals surface area contributed by atoms with Gasteiger partial charge in [-0.15, -0.1) is 0 Å². The third kappa shape index (κ3) is 7.09. The lowest BCUT2D eigenvalue weighted by Crippen LogP contribution is -2.34. The van der Waals surface area contributed by atoms with E-state index in [1.54, 1.807) is 10.9 Å². The highest BCUT2D eigenvalue weighted by molar-refractivity contribution is 6.40. The van der Waals surface area contributed by atoms with Gasteiger partial charge in [0.25, 0.3) is 0 Å². The molecule has 1 saturated heterocycles. The Kier molecular flexibility index (Phi) is 9.59. The maximum Gasteiger partial charge on any atom is 0.315 e. The summed E-state index contributed by atoms with van der Waals surface area (Å²) in [7, 11) is 0. The summed E-state index contributed by atoms with van der Waals surface area (Å²) in [6, 6.07) is 23.6. The zero-order valence-electron chi connectivity index (χ0n) is 22.6. The van der Waals surface area contributed by atoms with Crippen LogP contribution in [0.15, 0.2) is 79.1 Å². The molecule has 4 aromatic rings. The number of carbonyl (C=O) groups is 1. The van der Waals surface area contributed by atoms with Crippen LogP contribution < -0.4 is 10.6 Å². The highest BCUT2D eigenvalue weighted by Crippen LogP contribution is 2.39. The predicted molar refractivity (Wildman–Crippen MR) is 158 cm³/mol. The van der Waals surface area contributed by atoms with Crippen molar-refractivity contribution in [1.29, 1.82) is 0 Å². The molecule has 0 bridgehead atoms. The molecule has 0 spiro atoms. The summed E-state index contributed by atoms with van der Waals surface area (Å²) in [6.07, 6.45) is 1.14. The summed E-state index contributed by atoms with van der Waals surface area (Å²) in [5.41, 5.74) is 5.78. The Labute approximate surface area is 249 Å². The predicted octanol–water partition coefficient (Wildman–Crippen LogP) is 6.41. The SMILES string of the molecule is CCNC(=O)NCc1ccccc1-c1ccc([C@H]2O[C@@H](Cn3cnc(Cl)c3Cl)C[C@@H](c3ccc(CO)cc3)O2)cc1. The van der Waals surface area contributed by atoms with Gasteiger partial charge in [0, 0.05) is 25.1 Å². The Morgan fingerprint density at radius 3 is 2.41 bits per heavy atom. The fraction of sp³-hybridized carbons (Fsp3) is 0.290. The van der Waals surface area contributed by atoms with E-state index in [-0.39, 0.29) is 30.0 Å². The Morgan fingerprint density at radius 1 is 1.00 bits per heavy atom. The number of aliphatic hydroxyl groups excluding tert-OH is 1. The molecule has 2 heterocycles. The summed E-state index contributed by atoms with van der Waals surface area (Å²) in [5.74, 6) is 0. The van der Waals surface area contributed by atoms with Crippen LogP contribution in [0.2, 0.25) is 10.3 Å². The smallest absolute Gasteiger partial charge is 0.315 e. The van der Waals surface area contributed by atoms with E-state index in [9.17, 15) is 9.90 Å². The van der Waals surface area contributed by atoms with E-state index in [1.807, 2.05) is 79.7 Å². The Morgan fingerprint density at radius 2 is 1.73 bits per heavy atom. The van der Waals surface area contributed by atoms with Gasteiger partial charge >= 0.3 is 6.03 Å². The van der Waals surface area contributed by atoms with E-state index >= 15 is 0 Å². The minimum atomic E-state index is -0.613. The second kappa shape index (κ2) is 13.5. The van der Waals surface area contributed by atoms with Gasteiger partial charge in [-0.3, -0.25) is 0 Å². The summed E-state index contributed by atoms with van der Waals surface area (Å²) in [4.78, 5) is 16.0. The number of hydrogen-bond donors (Lipinski definition) is 3. The number of hydrogen-bond acceptors (Lipinski definition) is 5. The number of aromatic nitrogens is 2. The number of benzene rings is 3. The molecule has 0 radical (unpaired) electrons. The molecule has 1 aliphatic heterocycles. The summed E-state index contributed by atoms with van der Waals surface area (Å²) in [6.45, 7) is 3.32. The number of amides is 2. The summed E-state index contributed by atoms with van der Waals surface area (Å²) in [5, 5.41) is 15.7. The van der Waals surface area contributed by atoms with Crippen molar-refractivity contribution in [2.75, 3.05) is 6.54 Å². The lowest BCUT2D eigenvalue weighted by Gasteiger charge is -2.36. The Bertz CT molecular complexity index is 1460. The number of imidazole rings is 1. The van der Waals surface area contributed by atoms with E-state index in [0.29, 0.717) is 31.2 Å². The highest BCUT2D eigenvalue weighted by Gasteiger charge is 2.33. The normalized spacial score (nSPS) is 18.7. The van der Waals surface area contributed by atoms with Crippen molar-refractivity contribution < 1.29 is 19.4 Å². The van der Waals surface area contributed by atoms with Gasteiger partial charge < -0.3 is 29.8 Å². The molecule has 3 atom stereocenters. The molecule has 8 nitrogen and oxygen atoms in total. The van der Waals surface area contributed by atoms with Crippen LogP contribution >= 0.6 is 23.2 Å². The fourth-order valence-electron chi connectivity index (χ4n) is 4.90. The van der Waals surface area contributed by atoms with Crippen LogP contribution in [0.1, 0.15) is 48.0 Å². The second-order valence-electron chi connectivity index (χ2n) is 9.82. The minimum Gasteiger partial charge on any atom is -0.392 e. The molecule has 0 saturated carbocycles. The van der Waals surface area contributed by atoms with Crippen LogP contribution in [-0.2, 0) is 29.2 Å². The minimum absolute atomic E-state index is 0.0163. The molecule has 1 fully saturated rings. The van der Waals surface area contributed by atoms with Crippen molar-refractivity contribution in [2.45, 2.75) is 51.5 Å². The van der Waals surface area contributed by atoms with Crippen molar-refractivity contribution >= 4 is 29.2 Å². The molecule has 5 rings (SSSR count). The Hall–Kier alpha value is -3.40. The van der Waals surface area contributed by atoms with Gasteiger partial charge in [0.2, 0.25) is 0 Å². The van der Waals surface area contributed by atoms with Crippen LogP contribution in [0.25, 0.3) is 11.1 Å². The number of nitrogens with one attached hydrogen (secondary N) is 2. The second-order valence-corrected chi connectivity index (χ2v) is 10.5. The first-order valence-corrected chi connectivity index (χ1v) is 14.3. The van der Waals surface area contributed by atoms with E-state index in [4.69, 9.17) is 32.7 Å². The fourth-order valence-corrected chi connectivity index (χ4v) is 5.21. The third-order valence-electron chi connectivity index (χ3n) is 7.04. The first-order chi connectivity index (χ1) is 19.9. The largest absolute Gasteiger partial charge is 0.392 e. The van der Waals surface area contributed by atoms with Crippen molar-refractivity contribution in [3.8, 4) is 11.1 Å². The molecule has 1 aliphatic rings. The van der Waals surface area contributed by atoms with Gasteiger partial charge in [0.15, 0.2) is 11.4 Å². The standard InChI is InChI=1S/C31H32Cl2N4O4/c1-2-34-31(39)35-16-24-5-3-4-6-26(24)21-11-13-23(14-12-21)30-40-25(17-37-19-36-28(32)29(37)33)15-27(41-30)22-9-7-20(18-38)8-10-22/h3-14,19,25,27,30,38H,2,15-18H2,1H3,(H2,34,35,39)/t25-,27+,30+/m1/s1. The molecule has 0 unspecified atom stereocenters. The number of halogens is 2. The average molecular weight is 596 g/mol. The lowest BCUT2D eigenvalue weighted by atomic mass is 9.97. The number of urea groups is 1. The van der Waals surface area contributed by atoms with Crippen molar-refractivity contribution in [3.05, 3.63) is 112 Å². The van der Waals surface area contributed by atoms with Crippen LogP contribution in [0.3, 0.4) is 0 Å². The van der Waals surface area contributed by atoms with Gasteiger partial charge in [-0.2, -0.15) is 0 Å². The zero-order valence-corrected chi connectivity index (χ0v) is 24.1. The number of aliphatic hydroxyl groups is 1. The Balaban J connectivity index is 1.37. The lowest BCUT2D eigenvalue weighted by molar-refractivity contribution is -0.252. The van der Waals surface area contributed by atoms with Crippen molar-refractivity contribution in [3.63, 3.8) is 0 Å². The van der Waals surface area contributed by atoms with Gasteiger partial charge in [0.05, 0.1) is 31.7 Å². The van der Waals surface area contributed by atoms with Crippen LogP contribution in [-0.4, -0.2) is 33.3 Å². The molecular weight excluding hydrogens is 563 g/mol. The number of nitrogens with zero attached hydrogens (tertiary/aromatic N) is 2. The number of ether oxygens (including phenoxy) is 2. The molecule has 2 amide bonds. The van der Waals surface area contributed by atoms with Gasteiger partial charge in [-0.25, -0.2) is 9.78 Å². The van der Waals surface area contributed by atoms with Gasteiger partial charge in [0.1, 0.15) is 5.15 Å². The summed E-state index contributed by atoms with van der Waals surface area (Å²) >= 11 is 12.4. The van der Waals surface area contributed by atoms with Gasteiger partial charge in [-0.05, 0) is 34.7 Å². The number of carbonyl (C=O) groups excluding carboxylic acids is 1. The molecule has 3 N–H and O–H groups in total. The van der Waals surface area contributed by atoms with Gasteiger partial charge in [-0.1, -0.05) is 96.0 Å². The monoisotopic (exact) mass is 594 g/mol. The average Bonchev–Trinajstić information content (AvgIpc) is 3.32. The molecule has 10 heteroatoms. The van der Waals surface area contributed by atoms with E-state index < -0.39 is 6.29 Å². The van der Waals surface area contributed by atoms with Crippen LogP contribution in [0.4, 0.5) is 4.79 Å². The molecular formula is C31H32Cl2N4O4. The van der Waals surface area contributed by atoms with E-state index in [1.165, 1.54) is 0 Å². The van der Waals surface area contributed by atoms with Crippen molar-refractivity contribution in [1.82, 2.24) is 20.2 Å². The quantitative estimate of drug-likeness (QED) is 0.208. The maximum atomic E-state index is 11.9. The summed E-state index contributed by atoms with van der Waals surface area (Å²) < 4.78 is 14.7. The maximum absolute atomic E-state index is 11.9. The first-order valence-electron chi connectivity index (χ1n) is 13.5. The molecule has 1 aromatic heterocycles. The molecule has 3 aromatic carbocycles. The zero-order chi connectivity index (χ0) is 28.8. The van der Waals surface area contributed by atoms with Crippen LogP contribution in [0, 0.1) is 0 Å². The van der Waals surface area contributed by atoms with Crippen molar-refractivity contribution in [2.24, 2.45) is 0 Å².